The maximum Gasteiger partial charge on any atom is 0.271 e. The van der Waals surface area contributed by atoms with Crippen LogP contribution >= 0.6 is 0 Å². The summed E-state index contributed by atoms with van der Waals surface area (Å²) in [6, 6.07) is 4.04. The number of carbonyl (C=O) groups excluding carboxylic acids is 1. The number of nitro groups is 1. The molecular weight excluding hydrogens is 212 g/mol. The average Bonchev–Trinajstić information content (AvgIpc) is 2.28. The summed E-state index contributed by atoms with van der Waals surface area (Å²) < 4.78 is 4.99. The van der Waals surface area contributed by atoms with Crippen LogP contribution in [0.2, 0.25) is 0 Å². The van der Waals surface area contributed by atoms with E-state index in [9.17, 15) is 14.9 Å². The Morgan fingerprint density at radius 1 is 1.56 bits per heavy atom. The number of amides is 1. The molecule has 0 unspecified atom stereocenters. The van der Waals surface area contributed by atoms with Crippen molar-refractivity contribution < 1.29 is 14.5 Å². The summed E-state index contributed by atoms with van der Waals surface area (Å²) in [5.41, 5.74) is 0.218. The number of nitro benzene ring substituents is 1. The molecule has 1 aromatic rings. The third-order valence-corrected chi connectivity index (χ3v) is 1.99. The van der Waals surface area contributed by atoms with Crippen LogP contribution in [-0.2, 0) is 4.79 Å². The molecule has 16 heavy (non-hydrogen) atoms. The Kier molecular flexibility index (Phi) is 3.82. The fourth-order valence-corrected chi connectivity index (χ4v) is 1.15. The lowest BCUT2D eigenvalue weighted by Crippen LogP contribution is -2.10. The molecule has 0 bridgehead atoms. The topological polar surface area (TPSA) is 81.5 Å². The van der Waals surface area contributed by atoms with Crippen LogP contribution in [0, 0.1) is 10.1 Å². The van der Waals surface area contributed by atoms with E-state index in [0.29, 0.717) is 17.9 Å². The largest absolute Gasteiger partial charge is 0.495 e. The van der Waals surface area contributed by atoms with Crippen LogP contribution in [0.4, 0.5) is 11.4 Å². The SMILES string of the molecule is CCC(=O)Nc1cc([N+](=O)[O-])ccc1OC. The molecule has 0 radical (unpaired) electrons. The zero-order chi connectivity index (χ0) is 12.1. The minimum Gasteiger partial charge on any atom is -0.495 e. The molecule has 1 N–H and O–H groups in total. The van der Waals surface area contributed by atoms with Gasteiger partial charge in [-0.1, -0.05) is 6.92 Å². The number of carbonyl (C=O) groups is 1. The highest BCUT2D eigenvalue weighted by atomic mass is 16.6. The van der Waals surface area contributed by atoms with E-state index >= 15 is 0 Å². The molecule has 0 aliphatic heterocycles. The molecule has 0 aliphatic rings. The van der Waals surface area contributed by atoms with Crippen LogP contribution in [0.3, 0.4) is 0 Å². The van der Waals surface area contributed by atoms with Crippen LogP contribution in [-0.4, -0.2) is 17.9 Å². The number of ether oxygens (including phenoxy) is 1. The number of hydrogen-bond acceptors (Lipinski definition) is 4. The van der Waals surface area contributed by atoms with Crippen LogP contribution in [0.25, 0.3) is 0 Å². The van der Waals surface area contributed by atoms with Gasteiger partial charge in [-0.05, 0) is 6.07 Å². The number of hydrogen-bond donors (Lipinski definition) is 1. The van der Waals surface area contributed by atoms with E-state index < -0.39 is 4.92 Å². The highest BCUT2D eigenvalue weighted by Gasteiger charge is 2.12. The quantitative estimate of drug-likeness (QED) is 0.626. The Hall–Kier alpha value is -2.11. The lowest BCUT2D eigenvalue weighted by atomic mass is 10.2. The fourth-order valence-electron chi connectivity index (χ4n) is 1.15. The Morgan fingerprint density at radius 2 is 2.25 bits per heavy atom. The van der Waals surface area contributed by atoms with Crippen molar-refractivity contribution in [3.8, 4) is 5.75 Å². The highest BCUT2D eigenvalue weighted by Crippen LogP contribution is 2.28. The van der Waals surface area contributed by atoms with E-state index in [2.05, 4.69) is 5.32 Å². The average molecular weight is 224 g/mol. The summed E-state index contributed by atoms with van der Waals surface area (Å²) in [7, 11) is 1.43. The summed E-state index contributed by atoms with van der Waals surface area (Å²) in [6.45, 7) is 1.69. The molecule has 0 fully saturated rings. The smallest absolute Gasteiger partial charge is 0.271 e. The second kappa shape index (κ2) is 5.11. The number of anilines is 1. The molecule has 0 saturated heterocycles. The third kappa shape index (κ3) is 2.69. The van der Waals surface area contributed by atoms with Gasteiger partial charge in [-0.3, -0.25) is 14.9 Å². The van der Waals surface area contributed by atoms with Gasteiger partial charge in [-0.25, -0.2) is 0 Å². The molecule has 0 saturated carbocycles. The summed E-state index contributed by atoms with van der Waals surface area (Å²) in [5, 5.41) is 13.1. The molecule has 0 atom stereocenters. The predicted octanol–water partition coefficient (Wildman–Crippen LogP) is 1.95. The second-order valence-electron chi connectivity index (χ2n) is 3.04. The molecule has 6 heteroatoms. The Bertz CT molecular complexity index is 417. The Balaban J connectivity index is 3.06. The van der Waals surface area contributed by atoms with Gasteiger partial charge < -0.3 is 10.1 Å². The summed E-state index contributed by atoms with van der Waals surface area (Å²) >= 11 is 0. The summed E-state index contributed by atoms with van der Waals surface area (Å²) in [5.74, 6) is 0.172. The van der Waals surface area contributed by atoms with Crippen LogP contribution in [0.1, 0.15) is 13.3 Å². The van der Waals surface area contributed by atoms with E-state index in [1.54, 1.807) is 6.92 Å². The Morgan fingerprint density at radius 3 is 2.75 bits per heavy atom. The zero-order valence-corrected chi connectivity index (χ0v) is 9.02. The van der Waals surface area contributed by atoms with Gasteiger partial charge >= 0.3 is 0 Å². The normalized spacial score (nSPS) is 9.62. The maximum absolute atomic E-state index is 11.2. The van der Waals surface area contributed by atoms with Crippen molar-refractivity contribution in [2.75, 3.05) is 12.4 Å². The number of methoxy groups -OCH3 is 1. The van der Waals surface area contributed by atoms with Crippen molar-refractivity contribution in [3.63, 3.8) is 0 Å². The molecule has 86 valence electrons. The second-order valence-corrected chi connectivity index (χ2v) is 3.04. The monoisotopic (exact) mass is 224 g/mol. The molecule has 1 aromatic carbocycles. The summed E-state index contributed by atoms with van der Waals surface area (Å²) in [6.07, 6.45) is 0.297. The van der Waals surface area contributed by atoms with Gasteiger partial charge in [0.15, 0.2) is 0 Å². The van der Waals surface area contributed by atoms with Crippen molar-refractivity contribution >= 4 is 17.3 Å². The molecule has 6 nitrogen and oxygen atoms in total. The first kappa shape index (κ1) is 12.0. The number of rotatable bonds is 4. The van der Waals surface area contributed by atoms with Crippen molar-refractivity contribution in [2.45, 2.75) is 13.3 Å². The number of nitrogens with one attached hydrogen (secondary N) is 1. The maximum atomic E-state index is 11.2. The van der Waals surface area contributed by atoms with Gasteiger partial charge in [0.25, 0.3) is 5.69 Å². The molecule has 0 aromatic heterocycles. The van der Waals surface area contributed by atoms with Crippen LogP contribution < -0.4 is 10.1 Å². The fraction of sp³-hybridized carbons (Fsp3) is 0.300. The van der Waals surface area contributed by atoms with Gasteiger partial charge in [0.1, 0.15) is 5.75 Å². The van der Waals surface area contributed by atoms with E-state index in [1.165, 1.54) is 25.3 Å². The minimum absolute atomic E-state index is 0.0906. The lowest BCUT2D eigenvalue weighted by molar-refractivity contribution is -0.384. The number of non-ortho nitro benzene ring substituents is 1. The number of nitrogens with zero attached hydrogens (tertiary/aromatic N) is 1. The van der Waals surface area contributed by atoms with Gasteiger partial charge in [-0.2, -0.15) is 0 Å². The summed E-state index contributed by atoms with van der Waals surface area (Å²) in [4.78, 5) is 21.2. The van der Waals surface area contributed by atoms with Gasteiger partial charge in [0, 0.05) is 18.6 Å². The van der Waals surface area contributed by atoms with Crippen molar-refractivity contribution in [1.29, 1.82) is 0 Å². The first-order valence-electron chi connectivity index (χ1n) is 4.70. The van der Waals surface area contributed by atoms with Gasteiger partial charge in [0.05, 0.1) is 17.7 Å². The Labute approximate surface area is 92.4 Å². The standard InChI is InChI=1S/C10H12N2O4/c1-3-10(13)11-8-6-7(12(14)15)4-5-9(8)16-2/h4-6H,3H2,1-2H3,(H,11,13). The molecule has 0 heterocycles. The van der Waals surface area contributed by atoms with Crippen LogP contribution in [0.15, 0.2) is 18.2 Å². The van der Waals surface area contributed by atoms with Crippen LogP contribution in [0.5, 0.6) is 5.75 Å². The molecule has 0 spiro atoms. The van der Waals surface area contributed by atoms with Gasteiger partial charge in [0.2, 0.25) is 5.91 Å². The van der Waals surface area contributed by atoms with E-state index in [4.69, 9.17) is 4.74 Å². The van der Waals surface area contributed by atoms with Gasteiger partial charge in [-0.15, -0.1) is 0 Å². The first-order chi connectivity index (χ1) is 7.58. The first-order valence-corrected chi connectivity index (χ1v) is 4.70. The predicted molar refractivity (Wildman–Crippen MR) is 58.6 cm³/mol. The molecule has 0 aliphatic carbocycles. The van der Waals surface area contributed by atoms with E-state index in [1.807, 2.05) is 0 Å². The molecular formula is C10H12N2O4. The lowest BCUT2D eigenvalue weighted by Gasteiger charge is -2.08. The molecule has 1 rings (SSSR count). The van der Waals surface area contributed by atoms with Crippen molar-refractivity contribution in [2.24, 2.45) is 0 Å². The highest BCUT2D eigenvalue weighted by molar-refractivity contribution is 5.92. The van der Waals surface area contributed by atoms with Crippen molar-refractivity contribution in [3.05, 3.63) is 28.3 Å². The molecule has 1 amide bonds. The van der Waals surface area contributed by atoms with E-state index in [-0.39, 0.29) is 11.6 Å². The van der Waals surface area contributed by atoms with E-state index in [0.717, 1.165) is 0 Å². The zero-order valence-electron chi connectivity index (χ0n) is 9.02. The van der Waals surface area contributed by atoms with Crippen molar-refractivity contribution in [1.82, 2.24) is 0 Å². The third-order valence-electron chi connectivity index (χ3n) is 1.99. The minimum atomic E-state index is -0.527. The number of benzene rings is 1.